The van der Waals surface area contributed by atoms with Crippen molar-refractivity contribution >= 4 is 5.91 Å². The Hall–Kier alpha value is -1.69. The van der Waals surface area contributed by atoms with Crippen LogP contribution in [0.1, 0.15) is 18.4 Å². The van der Waals surface area contributed by atoms with Crippen molar-refractivity contribution in [1.82, 2.24) is 10.6 Å². The molecule has 0 spiro atoms. The van der Waals surface area contributed by atoms with Crippen molar-refractivity contribution in [3.05, 3.63) is 29.8 Å². The zero-order chi connectivity index (χ0) is 14.4. The topological polar surface area (TPSA) is 50.4 Å². The number of para-hydroxylation sites is 1. The number of ether oxygens (including phenoxy) is 1. The van der Waals surface area contributed by atoms with Crippen molar-refractivity contribution in [1.29, 1.82) is 0 Å². The number of nitrogens with one attached hydrogen (secondary N) is 2. The molecule has 1 saturated heterocycles. The number of hydrogen-bond donors (Lipinski definition) is 2. The normalized spacial score (nSPS) is 18.2. The molecule has 1 heterocycles. The van der Waals surface area contributed by atoms with Crippen LogP contribution >= 0.6 is 0 Å². The van der Waals surface area contributed by atoms with E-state index in [1.165, 1.54) is 6.07 Å². The lowest BCUT2D eigenvalue weighted by Gasteiger charge is -2.12. The maximum Gasteiger partial charge on any atom is 0.387 e. The summed E-state index contributed by atoms with van der Waals surface area (Å²) >= 11 is 0. The molecule has 1 amide bonds. The minimum Gasteiger partial charge on any atom is -0.434 e. The summed E-state index contributed by atoms with van der Waals surface area (Å²) < 4.78 is 28.9. The number of carbonyl (C=O) groups is 1. The molecule has 1 aliphatic rings. The molecule has 0 saturated carbocycles. The molecule has 110 valence electrons. The Labute approximate surface area is 116 Å². The monoisotopic (exact) mass is 284 g/mol. The molecule has 2 rings (SSSR count). The highest BCUT2D eigenvalue weighted by Crippen LogP contribution is 2.20. The van der Waals surface area contributed by atoms with E-state index in [9.17, 15) is 13.6 Å². The molecule has 4 nitrogen and oxygen atoms in total. The van der Waals surface area contributed by atoms with E-state index in [1.54, 1.807) is 18.2 Å². The van der Waals surface area contributed by atoms with Gasteiger partial charge in [-0.05, 0) is 31.5 Å². The van der Waals surface area contributed by atoms with Crippen LogP contribution in [0.15, 0.2) is 24.3 Å². The molecule has 20 heavy (non-hydrogen) atoms. The van der Waals surface area contributed by atoms with Gasteiger partial charge in [0.25, 0.3) is 0 Å². The van der Waals surface area contributed by atoms with E-state index in [2.05, 4.69) is 15.4 Å². The Morgan fingerprint density at radius 1 is 1.45 bits per heavy atom. The summed E-state index contributed by atoms with van der Waals surface area (Å²) in [6.45, 7) is -0.861. The van der Waals surface area contributed by atoms with Crippen LogP contribution in [0.25, 0.3) is 0 Å². The van der Waals surface area contributed by atoms with Crippen molar-refractivity contribution in [2.45, 2.75) is 26.0 Å². The van der Waals surface area contributed by atoms with Gasteiger partial charge in [0.2, 0.25) is 5.91 Å². The van der Waals surface area contributed by atoms with Crippen LogP contribution in [0.5, 0.6) is 5.75 Å². The van der Waals surface area contributed by atoms with Gasteiger partial charge in [-0.25, -0.2) is 0 Å². The number of hydrogen-bond acceptors (Lipinski definition) is 3. The van der Waals surface area contributed by atoms with Gasteiger partial charge in [-0.2, -0.15) is 8.78 Å². The van der Waals surface area contributed by atoms with Gasteiger partial charge in [0.1, 0.15) is 5.75 Å². The Morgan fingerprint density at radius 3 is 2.95 bits per heavy atom. The lowest BCUT2D eigenvalue weighted by atomic mass is 10.0. The van der Waals surface area contributed by atoms with Crippen molar-refractivity contribution in [3.63, 3.8) is 0 Å². The fourth-order valence-electron chi connectivity index (χ4n) is 2.28. The van der Waals surface area contributed by atoms with Crippen molar-refractivity contribution < 1.29 is 18.3 Å². The number of benzene rings is 1. The Bertz CT molecular complexity index is 449. The van der Waals surface area contributed by atoms with Gasteiger partial charge in [-0.1, -0.05) is 18.2 Å². The van der Waals surface area contributed by atoms with Gasteiger partial charge in [0.05, 0.1) is 0 Å². The molecule has 0 bridgehead atoms. The van der Waals surface area contributed by atoms with Gasteiger partial charge in [0, 0.05) is 18.5 Å². The molecule has 6 heteroatoms. The Balaban J connectivity index is 1.84. The zero-order valence-electron chi connectivity index (χ0n) is 11.1. The third-order valence-corrected chi connectivity index (χ3v) is 3.30. The highest BCUT2D eigenvalue weighted by Gasteiger charge is 2.18. The summed E-state index contributed by atoms with van der Waals surface area (Å²) in [6.07, 6.45) is 1.46. The van der Waals surface area contributed by atoms with E-state index >= 15 is 0 Å². The molecule has 0 aliphatic carbocycles. The first kappa shape index (κ1) is 14.7. The fraction of sp³-hybridized carbons (Fsp3) is 0.500. The minimum absolute atomic E-state index is 0.0643. The number of carbonyl (C=O) groups excluding carboxylic acids is 1. The van der Waals surface area contributed by atoms with Gasteiger partial charge in [-0.3, -0.25) is 4.79 Å². The average Bonchev–Trinajstić information content (AvgIpc) is 2.90. The van der Waals surface area contributed by atoms with Crippen LogP contribution in [0, 0.1) is 5.92 Å². The first-order chi connectivity index (χ1) is 9.65. The van der Waals surface area contributed by atoms with Gasteiger partial charge in [-0.15, -0.1) is 0 Å². The van der Waals surface area contributed by atoms with Crippen LogP contribution in [0.4, 0.5) is 8.78 Å². The molecule has 0 radical (unpaired) electrons. The second kappa shape index (κ2) is 7.19. The summed E-state index contributed by atoms with van der Waals surface area (Å²) in [5.74, 6) is 0.401. The number of rotatable bonds is 6. The highest BCUT2D eigenvalue weighted by molar-refractivity contribution is 5.76. The predicted molar refractivity (Wildman–Crippen MR) is 70.5 cm³/mol. The van der Waals surface area contributed by atoms with E-state index < -0.39 is 6.61 Å². The zero-order valence-corrected chi connectivity index (χ0v) is 11.1. The van der Waals surface area contributed by atoms with E-state index in [0.29, 0.717) is 17.9 Å². The van der Waals surface area contributed by atoms with Crippen LogP contribution in [-0.2, 0) is 11.3 Å². The van der Waals surface area contributed by atoms with E-state index in [0.717, 1.165) is 19.5 Å². The van der Waals surface area contributed by atoms with Crippen LogP contribution in [-0.4, -0.2) is 25.6 Å². The molecule has 1 unspecified atom stereocenters. The quantitative estimate of drug-likeness (QED) is 0.839. The molecule has 1 atom stereocenters. The first-order valence-corrected chi connectivity index (χ1v) is 6.65. The molecule has 1 aliphatic heterocycles. The van der Waals surface area contributed by atoms with Crippen LogP contribution in [0.3, 0.4) is 0 Å². The van der Waals surface area contributed by atoms with Gasteiger partial charge in [0.15, 0.2) is 0 Å². The summed E-state index contributed by atoms with van der Waals surface area (Å²) in [4.78, 5) is 11.8. The summed E-state index contributed by atoms with van der Waals surface area (Å²) in [5.41, 5.74) is 0.547. The number of amides is 1. The first-order valence-electron chi connectivity index (χ1n) is 6.65. The lowest BCUT2D eigenvalue weighted by Crippen LogP contribution is -2.26. The largest absolute Gasteiger partial charge is 0.434 e. The highest BCUT2D eigenvalue weighted by atomic mass is 19.3. The van der Waals surface area contributed by atoms with Crippen molar-refractivity contribution in [3.8, 4) is 5.75 Å². The molecule has 0 aromatic heterocycles. The maximum atomic E-state index is 12.3. The molecular formula is C14H18F2N2O2. The number of halogens is 2. The standard InChI is InChI=1S/C14H18F2N2O2/c15-14(16)20-12-4-2-1-3-11(12)9-18-13(19)7-10-5-6-17-8-10/h1-4,10,14,17H,5-9H2,(H,18,19). The van der Waals surface area contributed by atoms with Crippen LogP contribution < -0.4 is 15.4 Å². The van der Waals surface area contributed by atoms with E-state index in [-0.39, 0.29) is 18.2 Å². The van der Waals surface area contributed by atoms with E-state index in [1.807, 2.05) is 0 Å². The van der Waals surface area contributed by atoms with E-state index in [4.69, 9.17) is 0 Å². The Kier molecular flexibility index (Phi) is 5.29. The molecule has 1 aromatic rings. The number of alkyl halides is 2. The van der Waals surface area contributed by atoms with Crippen LogP contribution in [0.2, 0.25) is 0 Å². The third-order valence-electron chi connectivity index (χ3n) is 3.30. The smallest absolute Gasteiger partial charge is 0.387 e. The fourth-order valence-corrected chi connectivity index (χ4v) is 2.28. The minimum atomic E-state index is -2.86. The lowest BCUT2D eigenvalue weighted by molar-refractivity contribution is -0.122. The van der Waals surface area contributed by atoms with Crippen molar-refractivity contribution in [2.75, 3.05) is 13.1 Å². The summed E-state index contributed by atoms with van der Waals surface area (Å²) in [7, 11) is 0. The van der Waals surface area contributed by atoms with Gasteiger partial charge >= 0.3 is 6.61 Å². The predicted octanol–water partition coefficient (Wildman–Crippen LogP) is 1.90. The molecule has 2 N–H and O–H groups in total. The summed E-state index contributed by atoms with van der Waals surface area (Å²) in [5, 5.41) is 5.95. The average molecular weight is 284 g/mol. The summed E-state index contributed by atoms with van der Waals surface area (Å²) in [6, 6.07) is 6.47. The second-order valence-corrected chi connectivity index (χ2v) is 4.83. The second-order valence-electron chi connectivity index (χ2n) is 4.83. The molecular weight excluding hydrogens is 266 g/mol. The maximum absolute atomic E-state index is 12.3. The molecule has 1 fully saturated rings. The van der Waals surface area contributed by atoms with Crippen molar-refractivity contribution in [2.24, 2.45) is 5.92 Å². The van der Waals surface area contributed by atoms with Gasteiger partial charge < -0.3 is 15.4 Å². The third kappa shape index (κ3) is 4.45. The SMILES string of the molecule is O=C(CC1CCNC1)NCc1ccccc1OC(F)F. The molecule has 1 aromatic carbocycles. The Morgan fingerprint density at radius 2 is 2.25 bits per heavy atom.